The smallest absolute Gasteiger partial charge is 0.339 e. The van der Waals surface area contributed by atoms with Crippen molar-refractivity contribution in [2.75, 3.05) is 13.1 Å². The van der Waals surface area contributed by atoms with Gasteiger partial charge in [-0.3, -0.25) is 0 Å². The van der Waals surface area contributed by atoms with Gasteiger partial charge in [-0.05, 0) is 18.9 Å². The van der Waals surface area contributed by atoms with E-state index in [1.54, 1.807) is 10.4 Å². The van der Waals surface area contributed by atoms with Crippen LogP contribution in [-0.4, -0.2) is 37.0 Å². The topological polar surface area (TPSA) is 63.7 Å². The molecule has 0 N–H and O–H groups in total. The molecule has 112 valence electrons. The van der Waals surface area contributed by atoms with E-state index in [0.717, 1.165) is 18.4 Å². The highest BCUT2D eigenvalue weighted by Gasteiger charge is 2.50. The molecule has 4 rings (SSSR count). The first kappa shape index (κ1) is 13.3. The number of nitrogens with zero attached hydrogens (tertiary/aromatic N) is 1. The summed E-state index contributed by atoms with van der Waals surface area (Å²) in [6.07, 6.45) is 2.65. The Morgan fingerprint density at radius 2 is 1.81 bits per heavy atom. The van der Waals surface area contributed by atoms with Gasteiger partial charge in [0.25, 0.3) is 0 Å². The lowest BCUT2D eigenvalue weighted by atomic mass is 9.84. The standard InChI is InChI=1S/C15H17NO4S/c17-14-12-3-1-2-4-13(12)15(20-14)7-9-16(10-8-15)21(18,19)11-5-6-11/h1-4,11H,5-10H2. The van der Waals surface area contributed by atoms with Gasteiger partial charge < -0.3 is 4.74 Å². The molecule has 0 radical (unpaired) electrons. The molecule has 0 bridgehead atoms. The van der Waals surface area contributed by atoms with Crippen LogP contribution in [-0.2, 0) is 20.4 Å². The molecule has 21 heavy (non-hydrogen) atoms. The highest BCUT2D eigenvalue weighted by Crippen LogP contribution is 2.45. The van der Waals surface area contributed by atoms with Crippen LogP contribution in [0.3, 0.4) is 0 Å². The number of piperidine rings is 1. The van der Waals surface area contributed by atoms with E-state index in [4.69, 9.17) is 4.74 Å². The molecule has 2 aliphatic heterocycles. The number of carbonyl (C=O) groups excluding carboxylic acids is 1. The third kappa shape index (κ3) is 1.92. The summed E-state index contributed by atoms with van der Waals surface area (Å²) in [6.45, 7) is 0.862. The van der Waals surface area contributed by atoms with E-state index in [9.17, 15) is 13.2 Å². The van der Waals surface area contributed by atoms with E-state index in [0.29, 0.717) is 31.5 Å². The Labute approximate surface area is 123 Å². The zero-order valence-corrected chi connectivity index (χ0v) is 12.4. The van der Waals surface area contributed by atoms with Crippen molar-refractivity contribution in [1.29, 1.82) is 0 Å². The maximum absolute atomic E-state index is 12.3. The van der Waals surface area contributed by atoms with Gasteiger partial charge in [0.05, 0.1) is 10.8 Å². The minimum atomic E-state index is -3.13. The maximum Gasteiger partial charge on any atom is 0.339 e. The van der Waals surface area contributed by atoms with Crippen LogP contribution >= 0.6 is 0 Å². The first-order valence-electron chi connectivity index (χ1n) is 7.35. The van der Waals surface area contributed by atoms with Gasteiger partial charge in [0.15, 0.2) is 0 Å². The average molecular weight is 307 g/mol. The molecule has 2 fully saturated rings. The van der Waals surface area contributed by atoms with Crippen LogP contribution < -0.4 is 0 Å². The van der Waals surface area contributed by atoms with Crippen LogP contribution in [0.15, 0.2) is 24.3 Å². The Morgan fingerprint density at radius 1 is 1.14 bits per heavy atom. The van der Waals surface area contributed by atoms with Gasteiger partial charge >= 0.3 is 5.97 Å². The summed E-state index contributed by atoms with van der Waals surface area (Å²) in [5.41, 5.74) is 0.915. The molecule has 1 saturated carbocycles. The van der Waals surface area contributed by atoms with E-state index >= 15 is 0 Å². The summed E-state index contributed by atoms with van der Waals surface area (Å²) >= 11 is 0. The normalized spacial score (nSPS) is 24.9. The monoisotopic (exact) mass is 307 g/mol. The fraction of sp³-hybridized carbons (Fsp3) is 0.533. The molecule has 2 heterocycles. The number of hydrogen-bond acceptors (Lipinski definition) is 4. The van der Waals surface area contributed by atoms with Crippen molar-refractivity contribution >= 4 is 16.0 Å². The zero-order valence-electron chi connectivity index (χ0n) is 11.6. The molecule has 0 unspecified atom stereocenters. The number of rotatable bonds is 2. The minimum absolute atomic E-state index is 0.176. The van der Waals surface area contributed by atoms with Crippen LogP contribution in [0.2, 0.25) is 0 Å². The number of ether oxygens (including phenoxy) is 1. The highest BCUT2D eigenvalue weighted by molar-refractivity contribution is 7.90. The average Bonchev–Trinajstić information content (AvgIpc) is 3.29. The number of fused-ring (bicyclic) bond motifs is 2. The molecule has 0 amide bonds. The van der Waals surface area contributed by atoms with E-state index < -0.39 is 15.6 Å². The Hall–Kier alpha value is -1.40. The molecule has 1 saturated heterocycles. The fourth-order valence-corrected chi connectivity index (χ4v) is 5.24. The van der Waals surface area contributed by atoms with Gasteiger partial charge in [0.2, 0.25) is 10.0 Å². The third-order valence-electron chi connectivity index (χ3n) is 4.76. The van der Waals surface area contributed by atoms with Gasteiger partial charge in [0, 0.05) is 31.5 Å². The van der Waals surface area contributed by atoms with E-state index in [1.165, 1.54) is 0 Å². The van der Waals surface area contributed by atoms with Crippen LogP contribution in [0.4, 0.5) is 0 Å². The quantitative estimate of drug-likeness (QED) is 0.779. The zero-order chi connectivity index (χ0) is 14.7. The van der Waals surface area contributed by atoms with E-state index in [1.807, 2.05) is 18.2 Å². The predicted molar refractivity (Wildman–Crippen MR) is 76.3 cm³/mol. The first-order chi connectivity index (χ1) is 10.0. The number of esters is 1. The Morgan fingerprint density at radius 3 is 2.48 bits per heavy atom. The van der Waals surface area contributed by atoms with Gasteiger partial charge in [-0.25, -0.2) is 17.5 Å². The Bertz CT molecular complexity index is 700. The first-order valence-corrected chi connectivity index (χ1v) is 8.85. The lowest BCUT2D eigenvalue weighted by Crippen LogP contribution is -2.46. The molecule has 0 aromatic heterocycles. The fourth-order valence-electron chi connectivity index (χ4n) is 3.40. The third-order valence-corrected chi connectivity index (χ3v) is 7.16. The Kier molecular flexibility index (Phi) is 2.72. The van der Waals surface area contributed by atoms with Crippen molar-refractivity contribution in [3.8, 4) is 0 Å². The highest BCUT2D eigenvalue weighted by atomic mass is 32.2. The van der Waals surface area contributed by atoms with Crippen LogP contribution in [0.1, 0.15) is 41.6 Å². The molecule has 1 aromatic carbocycles. The van der Waals surface area contributed by atoms with Crippen LogP contribution in [0.25, 0.3) is 0 Å². The summed E-state index contributed by atoms with van der Waals surface area (Å²) in [4.78, 5) is 12.0. The van der Waals surface area contributed by atoms with Gasteiger partial charge in [0.1, 0.15) is 5.60 Å². The summed E-state index contributed by atoms with van der Waals surface area (Å²) in [5, 5.41) is -0.176. The number of sulfonamides is 1. The summed E-state index contributed by atoms with van der Waals surface area (Å²) in [5.74, 6) is -0.288. The molecule has 1 aliphatic carbocycles. The predicted octanol–water partition coefficient (Wildman–Crippen LogP) is 1.64. The van der Waals surface area contributed by atoms with Crippen molar-refractivity contribution in [3.05, 3.63) is 35.4 Å². The van der Waals surface area contributed by atoms with Crippen LogP contribution in [0, 0.1) is 0 Å². The molecular formula is C15H17NO4S. The molecule has 3 aliphatic rings. The van der Waals surface area contributed by atoms with E-state index in [2.05, 4.69) is 0 Å². The molecule has 6 heteroatoms. The van der Waals surface area contributed by atoms with Crippen molar-refractivity contribution in [2.24, 2.45) is 0 Å². The number of carbonyl (C=O) groups is 1. The summed E-state index contributed by atoms with van der Waals surface area (Å²) in [7, 11) is -3.13. The molecule has 5 nitrogen and oxygen atoms in total. The Balaban J connectivity index is 1.60. The van der Waals surface area contributed by atoms with Gasteiger partial charge in [-0.1, -0.05) is 18.2 Å². The summed E-state index contributed by atoms with van der Waals surface area (Å²) in [6, 6.07) is 7.42. The van der Waals surface area contributed by atoms with Crippen molar-refractivity contribution in [1.82, 2.24) is 4.31 Å². The van der Waals surface area contributed by atoms with Gasteiger partial charge in [-0.15, -0.1) is 0 Å². The lowest BCUT2D eigenvalue weighted by molar-refractivity contribution is -0.0329. The second-order valence-electron chi connectivity index (χ2n) is 6.07. The molecular weight excluding hydrogens is 290 g/mol. The molecule has 0 atom stereocenters. The van der Waals surface area contributed by atoms with Crippen molar-refractivity contribution < 1.29 is 17.9 Å². The number of benzene rings is 1. The molecule has 1 spiro atoms. The maximum atomic E-state index is 12.3. The number of hydrogen-bond donors (Lipinski definition) is 0. The second-order valence-corrected chi connectivity index (χ2v) is 8.29. The van der Waals surface area contributed by atoms with E-state index in [-0.39, 0.29) is 11.2 Å². The van der Waals surface area contributed by atoms with Crippen LogP contribution in [0.5, 0.6) is 0 Å². The van der Waals surface area contributed by atoms with Gasteiger partial charge in [-0.2, -0.15) is 0 Å². The SMILES string of the molecule is O=C1OC2(CCN(S(=O)(=O)C3CC3)CC2)c2ccccc21. The summed E-state index contributed by atoms with van der Waals surface area (Å²) < 4.78 is 31.8. The lowest BCUT2D eigenvalue weighted by Gasteiger charge is -2.38. The minimum Gasteiger partial charge on any atom is -0.450 e. The largest absolute Gasteiger partial charge is 0.450 e. The van der Waals surface area contributed by atoms with Crippen molar-refractivity contribution in [3.63, 3.8) is 0 Å². The van der Waals surface area contributed by atoms with Crippen molar-refractivity contribution in [2.45, 2.75) is 36.5 Å². The second kappa shape index (κ2) is 4.30. The molecule has 1 aromatic rings.